The van der Waals surface area contributed by atoms with Crippen LogP contribution in [0, 0.1) is 0 Å². The highest BCUT2D eigenvalue weighted by atomic mass is 127. The summed E-state index contributed by atoms with van der Waals surface area (Å²) in [5.41, 5.74) is 1.02. The van der Waals surface area contributed by atoms with Crippen molar-refractivity contribution < 1.29 is 13.2 Å². The maximum Gasteiger partial charge on any atom is 0.401 e. The second-order valence-corrected chi connectivity index (χ2v) is 6.59. The van der Waals surface area contributed by atoms with Crippen LogP contribution in [0.4, 0.5) is 19.0 Å². The molecule has 1 aliphatic heterocycles. The summed E-state index contributed by atoms with van der Waals surface area (Å²) < 4.78 is 37.5. The predicted octanol–water partition coefficient (Wildman–Crippen LogP) is 2.46. The van der Waals surface area contributed by atoms with E-state index >= 15 is 0 Å². The first-order chi connectivity index (χ1) is 12.3. The van der Waals surface area contributed by atoms with Gasteiger partial charge in [-0.2, -0.15) is 13.2 Å². The molecule has 1 saturated heterocycles. The molecule has 6 nitrogen and oxygen atoms in total. The molecule has 0 aromatic carbocycles. The number of aliphatic imine (C=N–C) groups is 1. The van der Waals surface area contributed by atoms with Crippen LogP contribution in [0.3, 0.4) is 0 Å². The number of halogens is 4. The topological polar surface area (TPSA) is 55.8 Å². The summed E-state index contributed by atoms with van der Waals surface area (Å²) in [4.78, 5) is 12.2. The molecule has 0 spiro atoms. The van der Waals surface area contributed by atoms with E-state index in [9.17, 15) is 13.2 Å². The molecule has 1 aromatic rings. The van der Waals surface area contributed by atoms with E-state index in [2.05, 4.69) is 20.6 Å². The summed E-state index contributed by atoms with van der Waals surface area (Å²) in [5.74, 6) is 1.48. The summed E-state index contributed by atoms with van der Waals surface area (Å²) in [6.07, 6.45) is -1.74. The average Bonchev–Trinajstić information content (AvgIpc) is 2.98. The summed E-state index contributed by atoms with van der Waals surface area (Å²) in [6.45, 7) is 3.06. The first-order valence-electron chi connectivity index (χ1n) is 8.73. The van der Waals surface area contributed by atoms with Gasteiger partial charge in [0.25, 0.3) is 0 Å². The van der Waals surface area contributed by atoms with Crippen molar-refractivity contribution in [3.8, 4) is 0 Å². The zero-order valence-electron chi connectivity index (χ0n) is 15.9. The third-order valence-corrected chi connectivity index (χ3v) is 4.05. The molecule has 1 aliphatic rings. The number of rotatable bonds is 6. The van der Waals surface area contributed by atoms with Crippen molar-refractivity contribution in [2.24, 2.45) is 4.99 Å². The monoisotopic (exact) mass is 500 g/mol. The Bertz CT molecular complexity index is 609. The minimum Gasteiger partial charge on any atom is -0.363 e. The third-order valence-electron chi connectivity index (χ3n) is 4.05. The number of alkyl halides is 3. The van der Waals surface area contributed by atoms with Gasteiger partial charge in [0.05, 0.1) is 13.1 Å². The van der Waals surface area contributed by atoms with Crippen LogP contribution in [0.1, 0.15) is 18.9 Å². The SMILES string of the molecule is CCNC(=NCc1ccnc(N(C)C)c1)NC1CCN(CC(F)(F)F)C1.I. The van der Waals surface area contributed by atoms with Gasteiger partial charge in [-0.25, -0.2) is 9.98 Å². The van der Waals surface area contributed by atoms with Crippen LogP contribution in [0.2, 0.25) is 0 Å². The highest BCUT2D eigenvalue weighted by molar-refractivity contribution is 14.0. The van der Waals surface area contributed by atoms with E-state index in [4.69, 9.17) is 0 Å². The van der Waals surface area contributed by atoms with Crippen molar-refractivity contribution in [3.63, 3.8) is 0 Å². The Balaban J connectivity index is 0.00000364. The summed E-state index contributed by atoms with van der Waals surface area (Å²) >= 11 is 0. The van der Waals surface area contributed by atoms with Crippen LogP contribution in [0.25, 0.3) is 0 Å². The van der Waals surface area contributed by atoms with Gasteiger partial charge >= 0.3 is 6.18 Å². The molecule has 2 N–H and O–H groups in total. The largest absolute Gasteiger partial charge is 0.401 e. The van der Waals surface area contributed by atoms with E-state index in [1.807, 2.05) is 38.1 Å². The van der Waals surface area contributed by atoms with Crippen LogP contribution in [-0.2, 0) is 6.54 Å². The van der Waals surface area contributed by atoms with Crippen LogP contribution in [0.15, 0.2) is 23.3 Å². The van der Waals surface area contributed by atoms with Crippen molar-refractivity contribution in [3.05, 3.63) is 23.9 Å². The van der Waals surface area contributed by atoms with E-state index in [0.29, 0.717) is 38.6 Å². The molecule has 2 heterocycles. The second-order valence-electron chi connectivity index (χ2n) is 6.59. The van der Waals surface area contributed by atoms with Gasteiger partial charge in [0.2, 0.25) is 0 Å². The number of hydrogen-bond donors (Lipinski definition) is 2. The van der Waals surface area contributed by atoms with E-state index < -0.39 is 12.7 Å². The lowest BCUT2D eigenvalue weighted by molar-refractivity contribution is -0.143. The minimum atomic E-state index is -4.15. The number of nitrogens with zero attached hydrogens (tertiary/aromatic N) is 4. The molecule has 0 bridgehead atoms. The van der Waals surface area contributed by atoms with Gasteiger partial charge < -0.3 is 15.5 Å². The van der Waals surface area contributed by atoms with Crippen molar-refractivity contribution in [2.75, 3.05) is 45.2 Å². The van der Waals surface area contributed by atoms with Crippen molar-refractivity contribution in [2.45, 2.75) is 32.1 Å². The highest BCUT2D eigenvalue weighted by Crippen LogP contribution is 2.20. The lowest BCUT2D eigenvalue weighted by atomic mass is 10.2. The van der Waals surface area contributed by atoms with Gasteiger partial charge in [0, 0.05) is 46.0 Å². The molecular weight excluding hydrogens is 472 g/mol. The van der Waals surface area contributed by atoms with Crippen molar-refractivity contribution in [1.82, 2.24) is 20.5 Å². The van der Waals surface area contributed by atoms with Crippen molar-refractivity contribution in [1.29, 1.82) is 0 Å². The van der Waals surface area contributed by atoms with Crippen LogP contribution < -0.4 is 15.5 Å². The number of aromatic nitrogens is 1. The second kappa shape index (κ2) is 10.9. The number of likely N-dealkylation sites (tertiary alicyclic amines) is 1. The van der Waals surface area contributed by atoms with E-state index in [1.165, 1.54) is 4.90 Å². The van der Waals surface area contributed by atoms with Gasteiger partial charge in [0.1, 0.15) is 5.82 Å². The molecule has 1 atom stereocenters. The highest BCUT2D eigenvalue weighted by Gasteiger charge is 2.34. The fraction of sp³-hybridized carbons (Fsp3) is 0.647. The molecule has 10 heteroatoms. The maximum atomic E-state index is 12.5. The first-order valence-corrected chi connectivity index (χ1v) is 8.73. The number of guanidine groups is 1. The molecule has 27 heavy (non-hydrogen) atoms. The minimum absolute atomic E-state index is 0. The Labute approximate surface area is 175 Å². The lowest BCUT2D eigenvalue weighted by Crippen LogP contribution is -2.45. The molecule has 154 valence electrons. The zero-order chi connectivity index (χ0) is 19.2. The summed E-state index contributed by atoms with van der Waals surface area (Å²) in [6, 6.07) is 3.83. The zero-order valence-corrected chi connectivity index (χ0v) is 18.2. The number of hydrogen-bond acceptors (Lipinski definition) is 4. The molecule has 0 aliphatic carbocycles. The molecule has 1 unspecified atom stereocenters. The van der Waals surface area contributed by atoms with Gasteiger partial charge in [-0.3, -0.25) is 4.90 Å². The molecule has 0 amide bonds. The van der Waals surface area contributed by atoms with Crippen molar-refractivity contribution >= 4 is 35.8 Å². The number of nitrogens with one attached hydrogen (secondary N) is 2. The Morgan fingerprint density at radius 2 is 2.15 bits per heavy atom. The molecule has 1 aromatic heterocycles. The third kappa shape index (κ3) is 8.50. The Morgan fingerprint density at radius 1 is 1.41 bits per heavy atom. The van der Waals surface area contributed by atoms with Gasteiger partial charge in [-0.05, 0) is 31.0 Å². The average molecular weight is 500 g/mol. The van der Waals surface area contributed by atoms with E-state index in [-0.39, 0.29) is 30.0 Å². The first kappa shape index (κ1) is 23.7. The quantitative estimate of drug-likeness (QED) is 0.357. The summed E-state index contributed by atoms with van der Waals surface area (Å²) in [7, 11) is 3.85. The molecular formula is C17H28F3IN6. The molecule has 1 fully saturated rings. The van der Waals surface area contributed by atoms with E-state index in [0.717, 1.165) is 11.4 Å². The standard InChI is InChI=1S/C17H27F3N6.HI/c1-4-21-16(23-10-13-5-7-22-15(9-13)25(2)3)24-14-6-8-26(11-14)12-17(18,19)20;/h5,7,9,14H,4,6,8,10-12H2,1-3H3,(H2,21,23,24);1H. The van der Waals surface area contributed by atoms with Crippen LogP contribution >= 0.6 is 24.0 Å². The molecule has 0 radical (unpaired) electrons. The van der Waals surface area contributed by atoms with E-state index in [1.54, 1.807) is 6.20 Å². The smallest absolute Gasteiger partial charge is 0.363 e. The number of anilines is 1. The fourth-order valence-corrected chi connectivity index (χ4v) is 2.83. The van der Waals surface area contributed by atoms with Crippen LogP contribution in [-0.4, -0.2) is 68.3 Å². The Morgan fingerprint density at radius 3 is 2.78 bits per heavy atom. The van der Waals surface area contributed by atoms with Gasteiger partial charge in [0.15, 0.2) is 5.96 Å². The molecule has 2 rings (SSSR count). The maximum absolute atomic E-state index is 12.5. The fourth-order valence-electron chi connectivity index (χ4n) is 2.83. The molecule has 0 saturated carbocycles. The predicted molar refractivity (Wildman–Crippen MR) is 113 cm³/mol. The normalized spacial score (nSPS) is 18.1. The Hall–Kier alpha value is -1.30. The summed E-state index contributed by atoms with van der Waals surface area (Å²) in [5, 5.41) is 6.40. The number of pyridine rings is 1. The Kier molecular flexibility index (Phi) is 9.57. The van der Waals surface area contributed by atoms with Gasteiger partial charge in [-0.15, -0.1) is 24.0 Å². The lowest BCUT2D eigenvalue weighted by Gasteiger charge is -2.19. The van der Waals surface area contributed by atoms with Crippen LogP contribution in [0.5, 0.6) is 0 Å². The van der Waals surface area contributed by atoms with Gasteiger partial charge in [-0.1, -0.05) is 0 Å².